The van der Waals surface area contributed by atoms with Gasteiger partial charge in [0.05, 0.1) is 6.33 Å². The summed E-state index contributed by atoms with van der Waals surface area (Å²) in [6.45, 7) is 4.42. The van der Waals surface area contributed by atoms with Crippen molar-refractivity contribution in [3.05, 3.63) is 11.9 Å². The minimum atomic E-state index is 0.342. The molecule has 0 fully saturated rings. The molecule has 0 amide bonds. The molecule has 0 aromatic heterocycles. The van der Waals surface area contributed by atoms with E-state index in [0.29, 0.717) is 24.4 Å². The molecule has 0 aliphatic heterocycles. The second kappa shape index (κ2) is 4.50. The third kappa shape index (κ3) is 4.15. The first-order valence-electron chi connectivity index (χ1n) is 3.19. The molecule has 0 heterocycles. The summed E-state index contributed by atoms with van der Waals surface area (Å²) in [7, 11) is 0. The van der Waals surface area contributed by atoms with Gasteiger partial charge in [-0.05, 0) is 17.9 Å². The van der Waals surface area contributed by atoms with Crippen LogP contribution in [0.2, 0.25) is 0 Å². The highest BCUT2D eigenvalue weighted by molar-refractivity contribution is 4.99. The maximum absolute atomic E-state index is 11.8. The first-order chi connectivity index (χ1) is 4.20. The molecule has 0 saturated heterocycles. The topological polar surface area (TPSA) is 26.0 Å². The summed E-state index contributed by atoms with van der Waals surface area (Å²) in [5, 5.41) is 0. The lowest BCUT2D eigenvalue weighted by Crippen LogP contribution is -2.04. The second-order valence-electron chi connectivity index (χ2n) is 2.57. The molecule has 0 aliphatic carbocycles. The van der Waals surface area contributed by atoms with Crippen molar-refractivity contribution in [3.8, 4) is 0 Å². The van der Waals surface area contributed by atoms with Gasteiger partial charge in [-0.15, -0.1) is 0 Å². The predicted octanol–water partition coefficient (Wildman–Crippen LogP) is 1.84. The van der Waals surface area contributed by atoms with E-state index in [9.17, 15) is 4.39 Å². The maximum atomic E-state index is 11.8. The van der Waals surface area contributed by atoms with Crippen molar-refractivity contribution in [1.82, 2.24) is 0 Å². The summed E-state index contributed by atoms with van der Waals surface area (Å²) in [5.74, 6) is 0.496. The summed E-state index contributed by atoms with van der Waals surface area (Å²) < 4.78 is 11.8. The summed E-state index contributed by atoms with van der Waals surface area (Å²) in [4.78, 5) is 0. The molecular weight excluding hydrogens is 117 g/mol. The molecule has 0 radical (unpaired) electrons. The van der Waals surface area contributed by atoms with Crippen molar-refractivity contribution < 1.29 is 4.39 Å². The highest BCUT2D eigenvalue weighted by atomic mass is 19.1. The lowest BCUT2D eigenvalue weighted by Gasteiger charge is -2.04. The van der Waals surface area contributed by atoms with Crippen LogP contribution in [-0.2, 0) is 0 Å². The molecule has 0 spiro atoms. The summed E-state index contributed by atoms with van der Waals surface area (Å²) in [6.07, 6.45) is 1.38. The van der Waals surface area contributed by atoms with Gasteiger partial charge in [0, 0.05) is 6.54 Å². The molecule has 9 heavy (non-hydrogen) atoms. The summed E-state index contributed by atoms with van der Waals surface area (Å²) in [6, 6.07) is 0. The third-order valence-electron chi connectivity index (χ3n) is 1.09. The molecule has 0 aromatic rings. The van der Waals surface area contributed by atoms with Crippen molar-refractivity contribution >= 4 is 0 Å². The van der Waals surface area contributed by atoms with Crippen molar-refractivity contribution in [1.29, 1.82) is 0 Å². The molecule has 54 valence electrons. The van der Waals surface area contributed by atoms with Crippen LogP contribution in [0.25, 0.3) is 0 Å². The summed E-state index contributed by atoms with van der Waals surface area (Å²) >= 11 is 0. The van der Waals surface area contributed by atoms with E-state index in [1.54, 1.807) is 0 Å². The fourth-order valence-electron chi connectivity index (χ4n) is 0.697. The zero-order valence-electron chi connectivity index (χ0n) is 6.02. The lowest BCUT2D eigenvalue weighted by molar-refractivity contribution is 0.610. The molecule has 2 N–H and O–H groups in total. The van der Waals surface area contributed by atoms with E-state index in [1.165, 1.54) is 0 Å². The van der Waals surface area contributed by atoms with Crippen LogP contribution in [0.4, 0.5) is 4.39 Å². The average Bonchev–Trinajstić information content (AvgIpc) is 1.82. The molecule has 2 heteroatoms. The zero-order valence-corrected chi connectivity index (χ0v) is 6.02. The minimum Gasteiger partial charge on any atom is -0.327 e. The number of rotatable bonds is 3. The van der Waals surface area contributed by atoms with Crippen LogP contribution in [0.5, 0.6) is 0 Å². The number of nitrogens with two attached hydrogens (primary N) is 1. The van der Waals surface area contributed by atoms with E-state index in [0.717, 1.165) is 6.42 Å². The highest BCUT2D eigenvalue weighted by Gasteiger charge is 1.97. The van der Waals surface area contributed by atoms with Gasteiger partial charge in [0.15, 0.2) is 0 Å². The lowest BCUT2D eigenvalue weighted by atomic mass is 10.0. The average molecular weight is 131 g/mol. The normalized spacial score (nSPS) is 12.8. The zero-order chi connectivity index (χ0) is 7.28. The van der Waals surface area contributed by atoms with E-state index in [-0.39, 0.29) is 0 Å². The van der Waals surface area contributed by atoms with E-state index in [4.69, 9.17) is 5.73 Å². The van der Waals surface area contributed by atoms with Gasteiger partial charge in [0.25, 0.3) is 0 Å². The standard InChI is InChI=1S/C7H14FN/c1-6(2)3-7(4-8)5-9/h4,6H,3,5,9H2,1-2H3/b7-4+. The van der Waals surface area contributed by atoms with Crippen LogP contribution in [0.3, 0.4) is 0 Å². The van der Waals surface area contributed by atoms with Crippen LogP contribution in [0, 0.1) is 5.92 Å². The molecule has 0 bridgehead atoms. The molecule has 0 rings (SSSR count). The van der Waals surface area contributed by atoms with Crippen molar-refractivity contribution in [2.45, 2.75) is 20.3 Å². The van der Waals surface area contributed by atoms with Crippen LogP contribution >= 0.6 is 0 Å². The fraction of sp³-hybridized carbons (Fsp3) is 0.714. The van der Waals surface area contributed by atoms with Gasteiger partial charge in [-0.25, -0.2) is 4.39 Å². The van der Waals surface area contributed by atoms with Crippen LogP contribution in [0.15, 0.2) is 11.9 Å². The van der Waals surface area contributed by atoms with Gasteiger partial charge in [-0.1, -0.05) is 13.8 Å². The number of halogens is 1. The van der Waals surface area contributed by atoms with Crippen molar-refractivity contribution in [3.63, 3.8) is 0 Å². The van der Waals surface area contributed by atoms with E-state index in [2.05, 4.69) is 0 Å². The quantitative estimate of drug-likeness (QED) is 0.621. The molecule has 0 aliphatic rings. The molecule has 1 nitrogen and oxygen atoms in total. The third-order valence-corrected chi connectivity index (χ3v) is 1.09. The fourth-order valence-corrected chi connectivity index (χ4v) is 0.697. The second-order valence-corrected chi connectivity index (χ2v) is 2.57. The monoisotopic (exact) mass is 131 g/mol. The Hall–Kier alpha value is -0.370. The smallest absolute Gasteiger partial charge is 0.0871 e. The van der Waals surface area contributed by atoms with Crippen LogP contribution < -0.4 is 5.73 Å². The van der Waals surface area contributed by atoms with Crippen molar-refractivity contribution in [2.24, 2.45) is 11.7 Å². The minimum absolute atomic E-state index is 0.342. The first kappa shape index (κ1) is 8.63. The Bertz CT molecular complexity index is 97.1. The number of hydrogen-bond donors (Lipinski definition) is 1. The van der Waals surface area contributed by atoms with E-state index < -0.39 is 0 Å². The SMILES string of the molecule is CC(C)C/C(=C\F)CN. The molecule has 0 saturated carbocycles. The van der Waals surface area contributed by atoms with Gasteiger partial charge in [-0.2, -0.15) is 0 Å². The first-order valence-corrected chi connectivity index (χ1v) is 3.19. The summed E-state index contributed by atoms with van der Waals surface area (Å²) in [5.41, 5.74) is 5.92. The van der Waals surface area contributed by atoms with Gasteiger partial charge < -0.3 is 5.73 Å². The predicted molar refractivity (Wildman–Crippen MR) is 37.7 cm³/mol. The number of hydrogen-bond acceptors (Lipinski definition) is 1. The Morgan fingerprint density at radius 3 is 2.33 bits per heavy atom. The van der Waals surface area contributed by atoms with E-state index in [1.807, 2.05) is 13.8 Å². The molecule has 0 atom stereocenters. The largest absolute Gasteiger partial charge is 0.327 e. The Labute approximate surface area is 55.7 Å². The van der Waals surface area contributed by atoms with Gasteiger partial charge in [0.2, 0.25) is 0 Å². The van der Waals surface area contributed by atoms with Gasteiger partial charge in [-0.3, -0.25) is 0 Å². The Kier molecular flexibility index (Phi) is 4.32. The highest BCUT2D eigenvalue weighted by Crippen LogP contribution is 2.08. The molecule has 0 aromatic carbocycles. The van der Waals surface area contributed by atoms with Crippen LogP contribution in [0.1, 0.15) is 20.3 Å². The van der Waals surface area contributed by atoms with Gasteiger partial charge >= 0.3 is 0 Å². The van der Waals surface area contributed by atoms with Gasteiger partial charge in [0.1, 0.15) is 0 Å². The molecular formula is C7H14FN. The Morgan fingerprint density at radius 1 is 1.67 bits per heavy atom. The van der Waals surface area contributed by atoms with Crippen LogP contribution in [-0.4, -0.2) is 6.54 Å². The van der Waals surface area contributed by atoms with Crippen molar-refractivity contribution in [2.75, 3.05) is 6.54 Å². The Morgan fingerprint density at radius 2 is 2.22 bits per heavy atom. The Balaban J connectivity index is 3.58. The maximum Gasteiger partial charge on any atom is 0.0871 e. The van der Waals surface area contributed by atoms with E-state index >= 15 is 0 Å². The molecule has 0 unspecified atom stereocenters.